The molecule has 0 aromatic heterocycles. The molecular formula is C16H14ClNO2. The number of nitrogens with one attached hydrogen (secondary N) is 1. The van der Waals surface area contributed by atoms with Crippen LogP contribution in [0.25, 0.3) is 0 Å². The minimum Gasteiger partial charge on any atom is -0.478 e. The first-order valence-electron chi connectivity index (χ1n) is 6.49. The Morgan fingerprint density at radius 1 is 1.20 bits per heavy atom. The number of aromatic carboxylic acids is 1. The van der Waals surface area contributed by atoms with Crippen LogP contribution in [0.3, 0.4) is 0 Å². The van der Waals surface area contributed by atoms with Crippen molar-refractivity contribution in [3.63, 3.8) is 0 Å². The lowest BCUT2D eigenvalue weighted by Crippen LogP contribution is -2.05. The summed E-state index contributed by atoms with van der Waals surface area (Å²) in [4.78, 5) is 10.9. The van der Waals surface area contributed by atoms with Crippen molar-refractivity contribution in [2.75, 3.05) is 5.32 Å². The number of anilines is 1. The van der Waals surface area contributed by atoms with Crippen LogP contribution < -0.4 is 5.32 Å². The van der Waals surface area contributed by atoms with Gasteiger partial charge in [-0.25, -0.2) is 4.79 Å². The van der Waals surface area contributed by atoms with Crippen molar-refractivity contribution in [3.8, 4) is 0 Å². The van der Waals surface area contributed by atoms with E-state index < -0.39 is 5.97 Å². The zero-order chi connectivity index (χ0) is 14.1. The summed E-state index contributed by atoms with van der Waals surface area (Å²) >= 11 is 5.96. The largest absolute Gasteiger partial charge is 0.478 e. The van der Waals surface area contributed by atoms with E-state index in [1.54, 1.807) is 12.1 Å². The normalized spacial score (nSPS) is 20.4. The number of carboxylic acids is 1. The van der Waals surface area contributed by atoms with Crippen LogP contribution in [0, 0.1) is 0 Å². The van der Waals surface area contributed by atoms with Gasteiger partial charge in [0.1, 0.15) is 0 Å². The van der Waals surface area contributed by atoms with Crippen molar-refractivity contribution in [2.24, 2.45) is 0 Å². The molecule has 2 aromatic carbocycles. The third-order valence-corrected chi connectivity index (χ3v) is 3.88. The molecular weight excluding hydrogens is 274 g/mol. The molecule has 0 amide bonds. The zero-order valence-corrected chi connectivity index (χ0v) is 11.5. The Labute approximate surface area is 122 Å². The molecule has 2 N–H and O–H groups in total. The molecule has 1 aliphatic carbocycles. The molecule has 0 saturated heterocycles. The van der Waals surface area contributed by atoms with Crippen molar-refractivity contribution in [3.05, 3.63) is 64.7 Å². The highest BCUT2D eigenvalue weighted by Crippen LogP contribution is 2.42. The second kappa shape index (κ2) is 5.17. The monoisotopic (exact) mass is 287 g/mol. The fourth-order valence-electron chi connectivity index (χ4n) is 2.42. The Bertz CT molecular complexity index is 642. The van der Waals surface area contributed by atoms with E-state index in [4.69, 9.17) is 16.7 Å². The lowest BCUT2D eigenvalue weighted by atomic mass is 10.1. The molecule has 0 radical (unpaired) electrons. The number of carbonyl (C=O) groups is 1. The summed E-state index contributed by atoms with van der Waals surface area (Å²) in [6.45, 7) is 0. The Kier molecular flexibility index (Phi) is 3.36. The number of hydrogen-bond acceptors (Lipinski definition) is 2. The van der Waals surface area contributed by atoms with Crippen molar-refractivity contribution >= 4 is 23.3 Å². The van der Waals surface area contributed by atoms with Gasteiger partial charge in [0.2, 0.25) is 0 Å². The number of hydrogen-bond donors (Lipinski definition) is 2. The van der Waals surface area contributed by atoms with E-state index in [0.717, 1.165) is 12.1 Å². The third kappa shape index (κ3) is 2.63. The van der Waals surface area contributed by atoms with Crippen molar-refractivity contribution in [1.82, 2.24) is 0 Å². The van der Waals surface area contributed by atoms with Crippen LogP contribution >= 0.6 is 11.6 Å². The summed E-state index contributed by atoms with van der Waals surface area (Å²) in [6.07, 6.45) is 1.09. The van der Waals surface area contributed by atoms with Crippen molar-refractivity contribution < 1.29 is 9.90 Å². The molecule has 2 atom stereocenters. The van der Waals surface area contributed by atoms with E-state index in [0.29, 0.717) is 12.0 Å². The average Bonchev–Trinajstić information content (AvgIpc) is 3.18. The maximum absolute atomic E-state index is 10.9. The van der Waals surface area contributed by atoms with Gasteiger partial charge in [-0.2, -0.15) is 0 Å². The first-order valence-corrected chi connectivity index (χ1v) is 6.87. The fraction of sp³-hybridized carbons (Fsp3) is 0.188. The minimum absolute atomic E-state index is 0.132. The topological polar surface area (TPSA) is 49.3 Å². The molecule has 20 heavy (non-hydrogen) atoms. The Morgan fingerprint density at radius 3 is 2.60 bits per heavy atom. The molecule has 1 aliphatic rings. The van der Waals surface area contributed by atoms with Crippen LogP contribution in [0.5, 0.6) is 0 Å². The van der Waals surface area contributed by atoms with Crippen LogP contribution in [0.1, 0.15) is 28.3 Å². The number of benzene rings is 2. The van der Waals surface area contributed by atoms with Gasteiger partial charge in [0, 0.05) is 17.6 Å². The van der Waals surface area contributed by atoms with Crippen LogP contribution in [0.15, 0.2) is 48.5 Å². The highest BCUT2D eigenvalue weighted by Gasteiger charge is 2.38. The van der Waals surface area contributed by atoms with Gasteiger partial charge in [-0.15, -0.1) is 0 Å². The molecule has 0 bridgehead atoms. The summed E-state index contributed by atoms with van der Waals surface area (Å²) in [6, 6.07) is 15.7. The molecule has 1 fully saturated rings. The highest BCUT2D eigenvalue weighted by atomic mass is 35.5. The molecule has 102 valence electrons. The van der Waals surface area contributed by atoms with E-state index in [9.17, 15) is 4.79 Å². The van der Waals surface area contributed by atoms with Gasteiger partial charge in [0.05, 0.1) is 10.6 Å². The number of halogens is 1. The first-order chi connectivity index (χ1) is 9.65. The van der Waals surface area contributed by atoms with E-state index >= 15 is 0 Å². The summed E-state index contributed by atoms with van der Waals surface area (Å²) in [5.74, 6) is -0.482. The van der Waals surface area contributed by atoms with E-state index in [2.05, 4.69) is 17.4 Å². The number of carboxylic acid groups (broad SMARTS) is 1. The maximum Gasteiger partial charge on any atom is 0.337 e. The molecule has 2 aromatic rings. The average molecular weight is 288 g/mol. The molecule has 0 spiro atoms. The van der Waals surface area contributed by atoms with Crippen LogP contribution in [-0.4, -0.2) is 17.1 Å². The van der Waals surface area contributed by atoms with Gasteiger partial charge in [0.15, 0.2) is 0 Å². The van der Waals surface area contributed by atoms with Crippen LogP contribution in [0.2, 0.25) is 5.02 Å². The van der Waals surface area contributed by atoms with Gasteiger partial charge < -0.3 is 10.4 Å². The predicted molar refractivity (Wildman–Crippen MR) is 79.6 cm³/mol. The lowest BCUT2D eigenvalue weighted by Gasteiger charge is -2.08. The summed E-state index contributed by atoms with van der Waals surface area (Å²) in [5, 5.41) is 12.6. The second-order valence-electron chi connectivity index (χ2n) is 5.00. The second-order valence-corrected chi connectivity index (χ2v) is 5.41. The smallest absolute Gasteiger partial charge is 0.337 e. The first kappa shape index (κ1) is 13.0. The Balaban J connectivity index is 1.68. The van der Waals surface area contributed by atoms with Crippen molar-refractivity contribution in [1.29, 1.82) is 0 Å². The van der Waals surface area contributed by atoms with Crippen LogP contribution in [0.4, 0.5) is 5.69 Å². The van der Waals surface area contributed by atoms with Gasteiger partial charge >= 0.3 is 5.97 Å². The van der Waals surface area contributed by atoms with Crippen LogP contribution in [-0.2, 0) is 0 Å². The summed E-state index contributed by atoms with van der Waals surface area (Å²) in [5.41, 5.74) is 2.33. The molecule has 0 aliphatic heterocycles. The molecule has 4 heteroatoms. The third-order valence-electron chi connectivity index (χ3n) is 3.57. The van der Waals surface area contributed by atoms with Gasteiger partial charge in [-0.1, -0.05) is 41.9 Å². The molecule has 3 rings (SSSR count). The van der Waals surface area contributed by atoms with Gasteiger partial charge in [-0.05, 0) is 30.2 Å². The minimum atomic E-state index is -1.00. The molecule has 2 unspecified atom stereocenters. The van der Waals surface area contributed by atoms with Gasteiger partial charge in [0.25, 0.3) is 0 Å². The van der Waals surface area contributed by atoms with E-state index in [-0.39, 0.29) is 10.6 Å². The Morgan fingerprint density at radius 2 is 1.95 bits per heavy atom. The van der Waals surface area contributed by atoms with Gasteiger partial charge in [-0.3, -0.25) is 0 Å². The lowest BCUT2D eigenvalue weighted by molar-refractivity contribution is 0.0697. The standard InChI is InChI=1S/C16H14ClNO2/c17-14-8-11(6-7-12(14)16(19)20)18-15-9-13(15)10-4-2-1-3-5-10/h1-8,13,15,18H,9H2,(H,19,20). The molecule has 0 heterocycles. The molecule has 3 nitrogen and oxygen atoms in total. The zero-order valence-electron chi connectivity index (χ0n) is 10.7. The fourth-order valence-corrected chi connectivity index (χ4v) is 2.68. The van der Waals surface area contributed by atoms with E-state index in [1.807, 2.05) is 18.2 Å². The van der Waals surface area contributed by atoms with E-state index in [1.165, 1.54) is 11.6 Å². The predicted octanol–water partition coefficient (Wildman–Crippen LogP) is 4.01. The number of rotatable bonds is 4. The maximum atomic E-state index is 10.9. The Hall–Kier alpha value is -2.00. The van der Waals surface area contributed by atoms with Crippen molar-refractivity contribution in [2.45, 2.75) is 18.4 Å². The SMILES string of the molecule is O=C(O)c1ccc(NC2CC2c2ccccc2)cc1Cl. The summed E-state index contributed by atoms with van der Waals surface area (Å²) < 4.78 is 0. The summed E-state index contributed by atoms with van der Waals surface area (Å²) in [7, 11) is 0. The highest BCUT2D eigenvalue weighted by molar-refractivity contribution is 6.33. The molecule has 1 saturated carbocycles. The quantitative estimate of drug-likeness (QED) is 0.893.